The normalized spacial score (nSPS) is 15.2. The molecule has 2 heterocycles. The second-order valence-electron chi connectivity index (χ2n) is 6.57. The Morgan fingerprint density at radius 1 is 1.07 bits per heavy atom. The van der Waals surface area contributed by atoms with Crippen LogP contribution in [0.15, 0.2) is 66.7 Å². The van der Waals surface area contributed by atoms with Crippen molar-refractivity contribution in [3.8, 4) is 27.8 Å². The van der Waals surface area contributed by atoms with Crippen LogP contribution >= 0.6 is 11.3 Å². The molecule has 5 rings (SSSR count). The quantitative estimate of drug-likeness (QED) is 0.493. The molecule has 1 atom stereocenters. The molecular weight excluding hydrogens is 388 g/mol. The average molecular weight is 404 g/mol. The summed E-state index contributed by atoms with van der Waals surface area (Å²) in [6, 6.07) is 19.9. The summed E-state index contributed by atoms with van der Waals surface area (Å²) in [5.41, 5.74) is 1.98. The highest BCUT2D eigenvalue weighted by Crippen LogP contribution is 2.37. The second kappa shape index (κ2) is 7.10. The zero-order valence-electron chi connectivity index (χ0n) is 15.2. The summed E-state index contributed by atoms with van der Waals surface area (Å²) in [6.45, 7) is 0.131. The Hall–Kier alpha value is -3.58. The van der Waals surface area contributed by atoms with Crippen LogP contribution in [-0.2, 0) is 4.79 Å². The van der Waals surface area contributed by atoms with Gasteiger partial charge in [0.25, 0.3) is 5.91 Å². The molecule has 2 N–H and O–H groups in total. The monoisotopic (exact) mass is 404 g/mol. The van der Waals surface area contributed by atoms with E-state index in [0.717, 1.165) is 10.2 Å². The smallest absolute Gasteiger partial charge is 0.269 e. The number of benzene rings is 3. The Bertz CT molecular complexity index is 1190. The van der Waals surface area contributed by atoms with Crippen LogP contribution in [-0.4, -0.2) is 28.7 Å². The van der Waals surface area contributed by atoms with Gasteiger partial charge >= 0.3 is 0 Å². The first-order valence-corrected chi connectivity index (χ1v) is 9.87. The first kappa shape index (κ1) is 17.5. The number of phenolic OH excluding ortho intramolecular Hbond substituents is 1. The summed E-state index contributed by atoms with van der Waals surface area (Å²) < 4.78 is 12.4. The number of phenols is 1. The van der Waals surface area contributed by atoms with Crippen LogP contribution in [0.1, 0.15) is 0 Å². The van der Waals surface area contributed by atoms with E-state index < -0.39 is 6.10 Å². The lowest BCUT2D eigenvalue weighted by Crippen LogP contribution is -2.40. The van der Waals surface area contributed by atoms with Gasteiger partial charge in [-0.15, -0.1) is 11.3 Å². The number of para-hydroxylation sites is 3. The fraction of sp³-hybridized carbons (Fsp3) is 0.0909. The van der Waals surface area contributed by atoms with E-state index in [2.05, 4.69) is 10.3 Å². The third-order valence-electron chi connectivity index (χ3n) is 4.59. The van der Waals surface area contributed by atoms with Crippen molar-refractivity contribution in [1.29, 1.82) is 0 Å². The molecule has 0 saturated heterocycles. The predicted octanol–water partition coefficient (Wildman–Crippen LogP) is 4.45. The fourth-order valence-corrected chi connectivity index (χ4v) is 4.13. The van der Waals surface area contributed by atoms with E-state index in [1.807, 2.05) is 36.4 Å². The Balaban J connectivity index is 1.38. The summed E-state index contributed by atoms with van der Waals surface area (Å²) in [5.74, 6) is 0.952. The molecule has 1 aliphatic rings. The molecule has 0 fully saturated rings. The number of amides is 1. The highest BCUT2D eigenvalue weighted by atomic mass is 32.1. The first-order valence-electron chi connectivity index (χ1n) is 9.06. The molecule has 3 aromatic carbocycles. The van der Waals surface area contributed by atoms with Gasteiger partial charge in [0.15, 0.2) is 11.5 Å². The molecule has 29 heavy (non-hydrogen) atoms. The Labute approximate surface area is 170 Å². The highest BCUT2D eigenvalue weighted by molar-refractivity contribution is 7.21. The zero-order valence-corrected chi connectivity index (χ0v) is 16.0. The molecule has 1 aliphatic heterocycles. The Morgan fingerprint density at radius 2 is 1.86 bits per heavy atom. The molecule has 4 aromatic rings. The van der Waals surface area contributed by atoms with Crippen molar-refractivity contribution >= 4 is 33.1 Å². The summed E-state index contributed by atoms with van der Waals surface area (Å²) in [7, 11) is 0. The molecule has 7 heteroatoms. The van der Waals surface area contributed by atoms with E-state index in [0.29, 0.717) is 27.8 Å². The van der Waals surface area contributed by atoms with E-state index in [-0.39, 0.29) is 18.3 Å². The van der Waals surface area contributed by atoms with E-state index in [4.69, 9.17) is 9.47 Å². The first-order chi connectivity index (χ1) is 14.2. The summed E-state index contributed by atoms with van der Waals surface area (Å²) in [5, 5.41) is 13.8. The van der Waals surface area contributed by atoms with Crippen LogP contribution in [0.4, 0.5) is 5.69 Å². The summed E-state index contributed by atoms with van der Waals surface area (Å²) in [6.07, 6.45) is -0.760. The van der Waals surface area contributed by atoms with Gasteiger partial charge in [-0.3, -0.25) is 4.79 Å². The molecule has 1 unspecified atom stereocenters. The minimum atomic E-state index is -0.760. The number of aromatic hydroxyl groups is 1. The molecule has 0 bridgehead atoms. The molecule has 0 radical (unpaired) electrons. The van der Waals surface area contributed by atoms with Crippen molar-refractivity contribution < 1.29 is 19.4 Å². The number of carbonyl (C=O) groups excluding carboxylic acids is 1. The highest BCUT2D eigenvalue weighted by Gasteiger charge is 2.27. The standard InChI is InChI=1S/C22H16N2O4S/c25-16-10-9-13(11-14(16)22-24-15-5-1-4-8-20(15)29-22)23-21(26)19-12-27-17-6-2-3-7-18(17)28-19/h1-11,19,25H,12H2,(H,23,26). The SMILES string of the molecule is O=C(Nc1ccc(O)c(-c2nc3ccccc3s2)c1)C1COc2ccccc2O1. The van der Waals surface area contributed by atoms with Crippen molar-refractivity contribution in [3.63, 3.8) is 0 Å². The van der Waals surface area contributed by atoms with Crippen molar-refractivity contribution in [2.45, 2.75) is 6.10 Å². The molecule has 0 spiro atoms. The van der Waals surface area contributed by atoms with E-state index in [1.54, 1.807) is 30.3 Å². The van der Waals surface area contributed by atoms with Gasteiger partial charge in [0, 0.05) is 5.69 Å². The number of fused-ring (bicyclic) bond motifs is 2. The van der Waals surface area contributed by atoms with Gasteiger partial charge in [-0.1, -0.05) is 24.3 Å². The summed E-state index contributed by atoms with van der Waals surface area (Å²) in [4.78, 5) is 17.2. The summed E-state index contributed by atoms with van der Waals surface area (Å²) >= 11 is 1.48. The topological polar surface area (TPSA) is 80.7 Å². The number of nitrogens with one attached hydrogen (secondary N) is 1. The van der Waals surface area contributed by atoms with Crippen molar-refractivity contribution in [2.24, 2.45) is 0 Å². The van der Waals surface area contributed by atoms with Crippen LogP contribution in [0.5, 0.6) is 17.2 Å². The molecule has 1 aromatic heterocycles. The van der Waals surface area contributed by atoms with E-state index in [9.17, 15) is 9.90 Å². The average Bonchev–Trinajstić information content (AvgIpc) is 3.18. The number of aromatic nitrogens is 1. The Kier molecular flexibility index (Phi) is 4.29. The van der Waals surface area contributed by atoms with Gasteiger partial charge in [0.2, 0.25) is 6.10 Å². The molecule has 0 aliphatic carbocycles. The fourth-order valence-electron chi connectivity index (χ4n) is 3.14. The largest absolute Gasteiger partial charge is 0.507 e. The Morgan fingerprint density at radius 3 is 2.72 bits per heavy atom. The van der Waals surface area contributed by atoms with Crippen LogP contribution in [0.3, 0.4) is 0 Å². The van der Waals surface area contributed by atoms with Crippen molar-refractivity contribution in [1.82, 2.24) is 4.98 Å². The van der Waals surface area contributed by atoms with Crippen LogP contribution in [0.2, 0.25) is 0 Å². The zero-order chi connectivity index (χ0) is 19.8. The maximum atomic E-state index is 12.7. The number of hydrogen-bond acceptors (Lipinski definition) is 6. The van der Waals surface area contributed by atoms with E-state index in [1.165, 1.54) is 11.3 Å². The molecule has 1 amide bonds. The van der Waals surface area contributed by atoms with Gasteiger partial charge in [0.05, 0.1) is 15.8 Å². The lowest BCUT2D eigenvalue weighted by atomic mass is 10.1. The number of hydrogen-bond donors (Lipinski definition) is 2. The van der Waals surface area contributed by atoms with Gasteiger partial charge in [-0.25, -0.2) is 4.98 Å². The minimum absolute atomic E-state index is 0.105. The maximum Gasteiger partial charge on any atom is 0.269 e. The van der Waals surface area contributed by atoms with Gasteiger partial charge in [0.1, 0.15) is 17.4 Å². The third kappa shape index (κ3) is 3.36. The number of thiazole rings is 1. The number of nitrogens with zero attached hydrogens (tertiary/aromatic N) is 1. The van der Waals surface area contributed by atoms with Crippen molar-refractivity contribution in [3.05, 3.63) is 66.7 Å². The lowest BCUT2D eigenvalue weighted by molar-refractivity contribution is -0.125. The number of ether oxygens (including phenoxy) is 2. The lowest BCUT2D eigenvalue weighted by Gasteiger charge is -2.25. The van der Waals surface area contributed by atoms with Crippen LogP contribution < -0.4 is 14.8 Å². The molecular formula is C22H16N2O4S. The van der Waals surface area contributed by atoms with Gasteiger partial charge in [-0.05, 0) is 42.5 Å². The van der Waals surface area contributed by atoms with Crippen LogP contribution in [0, 0.1) is 0 Å². The molecule has 6 nitrogen and oxygen atoms in total. The van der Waals surface area contributed by atoms with Crippen LogP contribution in [0.25, 0.3) is 20.8 Å². The predicted molar refractivity (Wildman–Crippen MR) is 112 cm³/mol. The number of carbonyl (C=O) groups is 1. The minimum Gasteiger partial charge on any atom is -0.507 e. The van der Waals surface area contributed by atoms with Crippen molar-refractivity contribution in [2.75, 3.05) is 11.9 Å². The maximum absolute atomic E-state index is 12.7. The number of anilines is 1. The molecule has 144 valence electrons. The number of rotatable bonds is 3. The third-order valence-corrected chi connectivity index (χ3v) is 5.66. The molecule has 0 saturated carbocycles. The van der Waals surface area contributed by atoms with Gasteiger partial charge < -0.3 is 19.9 Å². The second-order valence-corrected chi connectivity index (χ2v) is 7.60. The van der Waals surface area contributed by atoms with Gasteiger partial charge in [-0.2, -0.15) is 0 Å². The van der Waals surface area contributed by atoms with E-state index >= 15 is 0 Å².